The van der Waals surface area contributed by atoms with Crippen molar-refractivity contribution < 1.29 is 19.1 Å². The van der Waals surface area contributed by atoms with Gasteiger partial charge in [-0.05, 0) is 33.1 Å². The Kier molecular flexibility index (Phi) is 4.51. The molecule has 0 bridgehead atoms. The molecule has 0 spiro atoms. The van der Waals surface area contributed by atoms with Crippen LogP contribution in [0.1, 0.15) is 27.2 Å². The van der Waals surface area contributed by atoms with Crippen molar-refractivity contribution in [3.05, 3.63) is 0 Å². The fourth-order valence-corrected chi connectivity index (χ4v) is 1.65. The highest BCUT2D eigenvalue weighted by molar-refractivity contribution is 5.85. The third-order valence-electron chi connectivity index (χ3n) is 2.53. The number of hydrogen-bond acceptors (Lipinski definition) is 4. The number of nitrogens with one attached hydrogen (secondary N) is 1. The minimum atomic E-state index is -0.487. The number of amides is 1. The Hall–Kier alpha value is -1.10. The largest absolute Gasteiger partial charge is 0.444 e. The second-order valence-corrected chi connectivity index (χ2v) is 5.38. The summed E-state index contributed by atoms with van der Waals surface area (Å²) in [5.41, 5.74) is -0.487. The van der Waals surface area contributed by atoms with Crippen molar-refractivity contribution >= 4 is 11.9 Å². The lowest BCUT2D eigenvalue weighted by Crippen LogP contribution is -2.34. The van der Waals surface area contributed by atoms with Crippen LogP contribution in [0.4, 0.5) is 4.79 Å². The van der Waals surface area contributed by atoms with E-state index in [1.165, 1.54) is 7.11 Å². The van der Waals surface area contributed by atoms with Crippen LogP contribution in [0.2, 0.25) is 0 Å². The molecule has 5 nitrogen and oxygen atoms in total. The number of ether oxygens (including phenoxy) is 2. The maximum Gasteiger partial charge on any atom is 0.407 e. The number of alkyl carbamates (subject to hydrolysis) is 1. The smallest absolute Gasteiger partial charge is 0.407 e. The normalized spacial score (nSPS) is 23.1. The summed E-state index contributed by atoms with van der Waals surface area (Å²) in [7, 11) is 1.51. The topological polar surface area (TPSA) is 64.6 Å². The summed E-state index contributed by atoms with van der Waals surface area (Å²) < 4.78 is 9.88. The molecule has 0 aromatic rings. The first-order valence-corrected chi connectivity index (χ1v) is 5.82. The molecule has 1 saturated carbocycles. The van der Waals surface area contributed by atoms with Gasteiger partial charge in [-0.15, -0.1) is 0 Å². The minimum absolute atomic E-state index is 0.0462. The number of ketones is 1. The average molecular weight is 243 g/mol. The van der Waals surface area contributed by atoms with Crippen LogP contribution in [0.15, 0.2) is 0 Å². The van der Waals surface area contributed by atoms with Crippen molar-refractivity contribution in [2.45, 2.75) is 32.8 Å². The highest BCUT2D eigenvalue weighted by Gasteiger charge is 2.42. The standard InChI is InChI=1S/C12H21NO4/c1-12(2,3)17-11(15)13-6-8-5-9(8)10(14)7-16-4/h8-9H,5-7H2,1-4H3,(H,13,15). The molecule has 1 N–H and O–H groups in total. The van der Waals surface area contributed by atoms with Gasteiger partial charge >= 0.3 is 6.09 Å². The highest BCUT2D eigenvalue weighted by Crippen LogP contribution is 2.38. The molecule has 5 heteroatoms. The summed E-state index contributed by atoms with van der Waals surface area (Å²) in [6, 6.07) is 0. The van der Waals surface area contributed by atoms with Crippen molar-refractivity contribution in [3.63, 3.8) is 0 Å². The van der Waals surface area contributed by atoms with Gasteiger partial charge in [0.25, 0.3) is 0 Å². The fourth-order valence-electron chi connectivity index (χ4n) is 1.65. The van der Waals surface area contributed by atoms with Crippen LogP contribution in [0, 0.1) is 11.8 Å². The van der Waals surface area contributed by atoms with E-state index in [0.717, 1.165) is 6.42 Å². The number of Topliss-reactive ketones (excluding diaryl/α,β-unsaturated/α-hetero) is 1. The Bertz CT molecular complexity index is 295. The number of methoxy groups -OCH3 is 1. The average Bonchev–Trinajstić information content (AvgIpc) is 2.91. The third-order valence-corrected chi connectivity index (χ3v) is 2.53. The SMILES string of the molecule is COCC(=O)C1CC1CNC(=O)OC(C)(C)C. The predicted octanol–water partition coefficient (Wildman–Crippen LogP) is 1.36. The number of rotatable bonds is 5. The first-order chi connectivity index (χ1) is 7.83. The van der Waals surface area contributed by atoms with Crippen LogP contribution in [-0.2, 0) is 14.3 Å². The molecule has 0 aromatic heterocycles. The highest BCUT2D eigenvalue weighted by atomic mass is 16.6. The predicted molar refractivity (Wildman–Crippen MR) is 62.7 cm³/mol. The summed E-state index contributed by atoms with van der Waals surface area (Å²) in [5, 5.41) is 2.67. The molecule has 0 aliphatic heterocycles. The second-order valence-electron chi connectivity index (χ2n) is 5.38. The zero-order chi connectivity index (χ0) is 13.1. The number of carbonyl (C=O) groups excluding carboxylic acids is 2. The molecule has 1 amide bonds. The van der Waals surface area contributed by atoms with E-state index >= 15 is 0 Å². The number of hydrogen-bond donors (Lipinski definition) is 1. The zero-order valence-corrected chi connectivity index (χ0v) is 10.9. The lowest BCUT2D eigenvalue weighted by molar-refractivity contribution is -0.124. The van der Waals surface area contributed by atoms with Gasteiger partial charge in [-0.25, -0.2) is 4.79 Å². The van der Waals surface area contributed by atoms with Crippen molar-refractivity contribution in [1.82, 2.24) is 5.32 Å². The summed E-state index contributed by atoms with van der Waals surface area (Å²) in [6.45, 7) is 6.10. The molecule has 1 aliphatic carbocycles. The van der Waals surface area contributed by atoms with E-state index in [1.807, 2.05) is 20.8 Å². The molecule has 17 heavy (non-hydrogen) atoms. The molecule has 0 radical (unpaired) electrons. The molecule has 0 saturated heterocycles. The zero-order valence-electron chi connectivity index (χ0n) is 10.9. The van der Waals surface area contributed by atoms with Gasteiger partial charge < -0.3 is 14.8 Å². The summed E-state index contributed by atoms with van der Waals surface area (Å²) in [6.07, 6.45) is 0.403. The van der Waals surface area contributed by atoms with Crippen molar-refractivity contribution in [2.24, 2.45) is 11.8 Å². The Labute approximate surface area is 102 Å². The summed E-state index contributed by atoms with van der Waals surface area (Å²) in [5.74, 6) is 0.401. The van der Waals surface area contributed by atoms with Crippen molar-refractivity contribution in [2.75, 3.05) is 20.3 Å². The van der Waals surface area contributed by atoms with E-state index in [1.54, 1.807) is 0 Å². The lowest BCUT2D eigenvalue weighted by Gasteiger charge is -2.19. The maximum atomic E-state index is 11.4. The van der Waals surface area contributed by atoms with Crippen LogP contribution in [0.25, 0.3) is 0 Å². The van der Waals surface area contributed by atoms with Gasteiger partial charge in [0.05, 0.1) is 0 Å². The van der Waals surface area contributed by atoms with E-state index in [4.69, 9.17) is 9.47 Å². The quantitative estimate of drug-likeness (QED) is 0.792. The lowest BCUT2D eigenvalue weighted by atomic mass is 10.2. The maximum absolute atomic E-state index is 11.4. The minimum Gasteiger partial charge on any atom is -0.444 e. The first-order valence-electron chi connectivity index (χ1n) is 5.82. The van der Waals surface area contributed by atoms with Crippen LogP contribution in [0.3, 0.4) is 0 Å². The van der Waals surface area contributed by atoms with Gasteiger partial charge in [0.2, 0.25) is 0 Å². The molecule has 1 fully saturated rings. The Morgan fingerprint density at radius 1 is 1.35 bits per heavy atom. The number of carbonyl (C=O) groups is 2. The van der Waals surface area contributed by atoms with Crippen LogP contribution >= 0.6 is 0 Å². The van der Waals surface area contributed by atoms with Crippen LogP contribution in [-0.4, -0.2) is 37.7 Å². The van der Waals surface area contributed by atoms with Gasteiger partial charge in [-0.3, -0.25) is 4.79 Å². The van der Waals surface area contributed by atoms with E-state index in [2.05, 4.69) is 5.32 Å². The van der Waals surface area contributed by atoms with Gasteiger partial charge in [-0.1, -0.05) is 0 Å². The van der Waals surface area contributed by atoms with E-state index < -0.39 is 11.7 Å². The molecule has 0 aromatic carbocycles. The molecule has 0 heterocycles. The Morgan fingerprint density at radius 3 is 2.53 bits per heavy atom. The van der Waals surface area contributed by atoms with Crippen molar-refractivity contribution in [3.8, 4) is 0 Å². The summed E-state index contributed by atoms with van der Waals surface area (Å²) >= 11 is 0. The van der Waals surface area contributed by atoms with E-state index in [9.17, 15) is 9.59 Å². The molecule has 2 unspecified atom stereocenters. The fraction of sp³-hybridized carbons (Fsp3) is 0.833. The third kappa shape index (κ3) is 5.17. The first kappa shape index (κ1) is 14.0. The van der Waals surface area contributed by atoms with Gasteiger partial charge in [-0.2, -0.15) is 0 Å². The van der Waals surface area contributed by atoms with Gasteiger partial charge in [0.15, 0.2) is 5.78 Å². The Balaban J connectivity index is 2.17. The van der Waals surface area contributed by atoms with E-state index in [0.29, 0.717) is 6.54 Å². The molecular formula is C12H21NO4. The van der Waals surface area contributed by atoms with Gasteiger partial charge in [0.1, 0.15) is 12.2 Å². The second kappa shape index (κ2) is 5.49. The molecular weight excluding hydrogens is 222 g/mol. The molecule has 1 rings (SSSR count). The van der Waals surface area contributed by atoms with Crippen molar-refractivity contribution in [1.29, 1.82) is 0 Å². The Morgan fingerprint density at radius 2 is 2.00 bits per heavy atom. The van der Waals surface area contributed by atoms with Crippen LogP contribution < -0.4 is 5.32 Å². The monoisotopic (exact) mass is 243 g/mol. The van der Waals surface area contributed by atoms with Crippen LogP contribution in [0.5, 0.6) is 0 Å². The molecule has 1 aliphatic rings. The van der Waals surface area contributed by atoms with Gasteiger partial charge in [0, 0.05) is 19.6 Å². The summed E-state index contributed by atoms with van der Waals surface area (Å²) in [4.78, 5) is 22.8. The van der Waals surface area contributed by atoms with E-state index in [-0.39, 0.29) is 24.2 Å². The molecule has 98 valence electrons. The molecule has 2 atom stereocenters.